The SMILES string of the molecule is O=C(Nc1ccccc1-c1ccsc1)OC1CCNCC1. The highest BCUT2D eigenvalue weighted by Gasteiger charge is 2.18. The lowest BCUT2D eigenvalue weighted by atomic mass is 10.1. The molecule has 21 heavy (non-hydrogen) atoms. The third kappa shape index (κ3) is 3.62. The van der Waals surface area contributed by atoms with Crippen molar-refractivity contribution in [2.45, 2.75) is 18.9 Å². The summed E-state index contributed by atoms with van der Waals surface area (Å²) in [6.07, 6.45) is 1.39. The maximum atomic E-state index is 12.1. The van der Waals surface area contributed by atoms with Crippen LogP contribution in [0.1, 0.15) is 12.8 Å². The molecule has 1 aromatic heterocycles. The van der Waals surface area contributed by atoms with Gasteiger partial charge in [-0.2, -0.15) is 11.3 Å². The highest BCUT2D eigenvalue weighted by atomic mass is 32.1. The first-order valence-electron chi connectivity index (χ1n) is 7.13. The highest BCUT2D eigenvalue weighted by molar-refractivity contribution is 7.08. The summed E-state index contributed by atoms with van der Waals surface area (Å²) >= 11 is 1.64. The van der Waals surface area contributed by atoms with Crippen molar-refractivity contribution in [3.05, 3.63) is 41.1 Å². The number of thiophene rings is 1. The van der Waals surface area contributed by atoms with Gasteiger partial charge in [0, 0.05) is 5.56 Å². The molecule has 1 saturated heterocycles. The van der Waals surface area contributed by atoms with E-state index in [1.807, 2.05) is 35.7 Å². The molecule has 0 aliphatic carbocycles. The number of rotatable bonds is 3. The molecule has 0 radical (unpaired) electrons. The van der Waals surface area contributed by atoms with Crippen LogP contribution in [0.5, 0.6) is 0 Å². The van der Waals surface area contributed by atoms with Crippen molar-refractivity contribution < 1.29 is 9.53 Å². The molecule has 1 aliphatic heterocycles. The molecule has 1 amide bonds. The summed E-state index contributed by atoms with van der Waals surface area (Å²) in [4.78, 5) is 12.1. The molecule has 0 spiro atoms. The number of hydrogen-bond acceptors (Lipinski definition) is 4. The summed E-state index contributed by atoms with van der Waals surface area (Å²) in [5.41, 5.74) is 2.91. The van der Waals surface area contributed by atoms with Crippen LogP contribution < -0.4 is 10.6 Å². The lowest BCUT2D eigenvalue weighted by molar-refractivity contribution is 0.0909. The zero-order valence-electron chi connectivity index (χ0n) is 11.7. The van der Waals surface area contributed by atoms with E-state index in [9.17, 15) is 4.79 Å². The van der Waals surface area contributed by atoms with Gasteiger partial charge in [0.05, 0.1) is 5.69 Å². The van der Waals surface area contributed by atoms with Crippen molar-refractivity contribution in [3.63, 3.8) is 0 Å². The topological polar surface area (TPSA) is 50.4 Å². The van der Waals surface area contributed by atoms with E-state index >= 15 is 0 Å². The van der Waals surface area contributed by atoms with Gasteiger partial charge < -0.3 is 10.1 Å². The summed E-state index contributed by atoms with van der Waals surface area (Å²) in [6.45, 7) is 1.81. The monoisotopic (exact) mass is 302 g/mol. The Hall–Kier alpha value is -1.85. The molecule has 1 fully saturated rings. The minimum absolute atomic E-state index is 0.0135. The molecule has 110 valence electrons. The summed E-state index contributed by atoms with van der Waals surface area (Å²) in [6, 6.07) is 9.83. The van der Waals surface area contributed by atoms with Crippen LogP contribution in [0.15, 0.2) is 41.1 Å². The summed E-state index contributed by atoms with van der Waals surface area (Å²) < 4.78 is 5.48. The Labute approximate surface area is 128 Å². The molecule has 5 heteroatoms. The van der Waals surface area contributed by atoms with Gasteiger partial charge in [-0.1, -0.05) is 18.2 Å². The number of amides is 1. The second-order valence-corrected chi connectivity index (χ2v) is 5.82. The highest BCUT2D eigenvalue weighted by Crippen LogP contribution is 2.29. The number of anilines is 1. The molecule has 0 unspecified atom stereocenters. The van der Waals surface area contributed by atoms with Gasteiger partial charge in [0.2, 0.25) is 0 Å². The maximum absolute atomic E-state index is 12.1. The third-order valence-electron chi connectivity index (χ3n) is 3.56. The van der Waals surface area contributed by atoms with E-state index in [0.717, 1.165) is 42.7 Å². The molecule has 2 aromatic rings. The smallest absolute Gasteiger partial charge is 0.411 e. The maximum Gasteiger partial charge on any atom is 0.411 e. The fraction of sp³-hybridized carbons (Fsp3) is 0.312. The zero-order chi connectivity index (χ0) is 14.5. The number of nitrogens with one attached hydrogen (secondary N) is 2. The first-order chi connectivity index (χ1) is 10.3. The second kappa shape index (κ2) is 6.74. The Morgan fingerprint density at radius 1 is 1.24 bits per heavy atom. The van der Waals surface area contributed by atoms with Crippen LogP contribution in [-0.2, 0) is 4.74 Å². The van der Waals surface area contributed by atoms with E-state index in [4.69, 9.17) is 4.74 Å². The first kappa shape index (κ1) is 14.1. The molecule has 2 N–H and O–H groups in total. The lowest BCUT2D eigenvalue weighted by Crippen LogP contribution is -2.34. The van der Waals surface area contributed by atoms with Crippen molar-refractivity contribution in [2.24, 2.45) is 0 Å². The molecular formula is C16H18N2O2S. The van der Waals surface area contributed by atoms with Gasteiger partial charge in [0.25, 0.3) is 0 Å². The average Bonchev–Trinajstić information content (AvgIpc) is 3.03. The van der Waals surface area contributed by atoms with Gasteiger partial charge in [-0.05, 0) is 54.4 Å². The molecule has 2 heterocycles. The Balaban J connectivity index is 1.68. The van der Waals surface area contributed by atoms with Gasteiger partial charge >= 0.3 is 6.09 Å². The predicted octanol–water partition coefficient (Wildman–Crippen LogP) is 3.72. The van der Waals surface area contributed by atoms with Crippen molar-refractivity contribution >= 4 is 23.1 Å². The summed E-state index contributed by atoms with van der Waals surface area (Å²) in [7, 11) is 0. The molecule has 3 rings (SSSR count). The van der Waals surface area contributed by atoms with Crippen molar-refractivity contribution in [1.29, 1.82) is 0 Å². The largest absolute Gasteiger partial charge is 0.446 e. The molecule has 4 nitrogen and oxygen atoms in total. The van der Waals surface area contributed by atoms with Crippen LogP contribution in [0.2, 0.25) is 0 Å². The second-order valence-electron chi connectivity index (χ2n) is 5.04. The van der Waals surface area contributed by atoms with Crippen LogP contribution in [-0.4, -0.2) is 25.3 Å². The quantitative estimate of drug-likeness (QED) is 0.908. The molecular weight excluding hydrogens is 284 g/mol. The number of carbonyl (C=O) groups excluding carboxylic acids is 1. The molecule has 0 bridgehead atoms. The Kier molecular flexibility index (Phi) is 4.52. The van der Waals surface area contributed by atoms with Gasteiger partial charge in [-0.25, -0.2) is 4.79 Å². The number of benzene rings is 1. The van der Waals surface area contributed by atoms with Crippen LogP contribution >= 0.6 is 11.3 Å². The lowest BCUT2D eigenvalue weighted by Gasteiger charge is -2.23. The fourth-order valence-corrected chi connectivity index (χ4v) is 3.12. The van der Waals surface area contributed by atoms with E-state index < -0.39 is 0 Å². The van der Waals surface area contributed by atoms with E-state index in [1.54, 1.807) is 11.3 Å². The molecule has 1 aromatic carbocycles. The third-order valence-corrected chi connectivity index (χ3v) is 4.24. The molecule has 0 saturated carbocycles. The fourth-order valence-electron chi connectivity index (χ4n) is 2.47. The summed E-state index contributed by atoms with van der Waals surface area (Å²) in [5.74, 6) is 0. The van der Waals surface area contributed by atoms with Gasteiger partial charge in [0.1, 0.15) is 6.10 Å². The van der Waals surface area contributed by atoms with Crippen molar-refractivity contribution in [3.8, 4) is 11.1 Å². The van der Waals surface area contributed by atoms with Crippen molar-refractivity contribution in [2.75, 3.05) is 18.4 Å². The first-order valence-corrected chi connectivity index (χ1v) is 8.07. The minimum atomic E-state index is -0.371. The minimum Gasteiger partial charge on any atom is -0.446 e. The summed E-state index contributed by atoms with van der Waals surface area (Å²) in [5, 5.41) is 10.2. The predicted molar refractivity (Wildman–Crippen MR) is 85.8 cm³/mol. The van der Waals surface area contributed by atoms with E-state index in [-0.39, 0.29) is 12.2 Å². The van der Waals surface area contributed by atoms with Gasteiger partial charge in [0.15, 0.2) is 0 Å². The number of para-hydroxylation sites is 1. The zero-order valence-corrected chi connectivity index (χ0v) is 12.5. The Bertz CT molecular complexity index is 592. The van der Waals surface area contributed by atoms with E-state index in [0.29, 0.717) is 0 Å². The van der Waals surface area contributed by atoms with Gasteiger partial charge in [-0.15, -0.1) is 0 Å². The van der Waals surface area contributed by atoms with Gasteiger partial charge in [-0.3, -0.25) is 5.32 Å². The normalized spacial score (nSPS) is 15.6. The number of piperidine rings is 1. The Morgan fingerprint density at radius 2 is 2.05 bits per heavy atom. The molecule has 0 atom stereocenters. The van der Waals surface area contributed by atoms with E-state index in [2.05, 4.69) is 16.0 Å². The number of carbonyl (C=O) groups is 1. The number of ether oxygens (including phenoxy) is 1. The standard InChI is InChI=1S/C16H18N2O2S/c19-16(20-13-5-8-17-9-6-13)18-15-4-2-1-3-14(15)12-7-10-21-11-12/h1-4,7,10-11,13,17H,5-6,8-9H2,(H,18,19). The molecule has 1 aliphatic rings. The van der Waals surface area contributed by atoms with Crippen LogP contribution in [0.3, 0.4) is 0 Å². The van der Waals surface area contributed by atoms with Crippen LogP contribution in [0.4, 0.5) is 10.5 Å². The average molecular weight is 302 g/mol. The Morgan fingerprint density at radius 3 is 2.81 bits per heavy atom. The van der Waals surface area contributed by atoms with E-state index in [1.165, 1.54) is 0 Å². The van der Waals surface area contributed by atoms with Crippen LogP contribution in [0, 0.1) is 0 Å². The number of hydrogen-bond donors (Lipinski definition) is 2. The van der Waals surface area contributed by atoms with Crippen molar-refractivity contribution in [1.82, 2.24) is 5.32 Å². The van der Waals surface area contributed by atoms with Crippen LogP contribution in [0.25, 0.3) is 11.1 Å².